The number of carbonyl (C=O) groups excluding carboxylic acids is 2. The van der Waals surface area contributed by atoms with Crippen LogP contribution in [0.4, 0.5) is 5.69 Å². The van der Waals surface area contributed by atoms with Gasteiger partial charge < -0.3 is 15.7 Å². The molecule has 3 N–H and O–H groups in total. The summed E-state index contributed by atoms with van der Waals surface area (Å²) in [6.07, 6.45) is 1.78. The van der Waals surface area contributed by atoms with Crippen molar-refractivity contribution in [3.63, 3.8) is 0 Å². The van der Waals surface area contributed by atoms with Gasteiger partial charge in [0.15, 0.2) is 0 Å². The van der Waals surface area contributed by atoms with E-state index in [0.717, 1.165) is 24.0 Å². The van der Waals surface area contributed by atoms with Crippen molar-refractivity contribution in [3.8, 4) is 0 Å². The van der Waals surface area contributed by atoms with Crippen LogP contribution >= 0.6 is 0 Å². The van der Waals surface area contributed by atoms with E-state index in [4.69, 9.17) is 5.11 Å². The highest BCUT2D eigenvalue weighted by molar-refractivity contribution is 6.39. The lowest BCUT2D eigenvalue weighted by atomic mass is 10.1. The van der Waals surface area contributed by atoms with Crippen molar-refractivity contribution in [2.45, 2.75) is 26.7 Å². The smallest absolute Gasteiger partial charge is 0.313 e. The first-order chi connectivity index (χ1) is 9.46. The van der Waals surface area contributed by atoms with Gasteiger partial charge in [0.25, 0.3) is 0 Å². The van der Waals surface area contributed by atoms with Crippen LogP contribution in [0.3, 0.4) is 0 Å². The minimum atomic E-state index is -0.674. The van der Waals surface area contributed by atoms with E-state index in [2.05, 4.69) is 10.6 Å². The van der Waals surface area contributed by atoms with Gasteiger partial charge >= 0.3 is 11.8 Å². The number of carbonyl (C=O) groups is 2. The van der Waals surface area contributed by atoms with Gasteiger partial charge in [-0.3, -0.25) is 9.59 Å². The highest BCUT2D eigenvalue weighted by Gasteiger charge is 2.42. The van der Waals surface area contributed by atoms with Crippen LogP contribution in [0.2, 0.25) is 0 Å². The topological polar surface area (TPSA) is 78.4 Å². The minimum Gasteiger partial charge on any atom is -0.396 e. The molecule has 2 amide bonds. The predicted molar refractivity (Wildman–Crippen MR) is 76.3 cm³/mol. The molecule has 1 aromatic rings. The summed E-state index contributed by atoms with van der Waals surface area (Å²) >= 11 is 0. The molecule has 0 radical (unpaired) electrons. The summed E-state index contributed by atoms with van der Waals surface area (Å²) in [5, 5.41) is 14.3. The molecule has 0 saturated heterocycles. The average Bonchev–Trinajstić information content (AvgIpc) is 3.21. The van der Waals surface area contributed by atoms with Crippen LogP contribution in [0.5, 0.6) is 0 Å². The largest absolute Gasteiger partial charge is 0.396 e. The third-order valence-corrected chi connectivity index (χ3v) is 3.76. The number of hydrogen-bond donors (Lipinski definition) is 3. The Morgan fingerprint density at radius 2 is 1.95 bits per heavy atom. The molecule has 0 heterocycles. The minimum absolute atomic E-state index is 0.0475. The van der Waals surface area contributed by atoms with Crippen molar-refractivity contribution in [2.24, 2.45) is 5.41 Å². The van der Waals surface area contributed by atoms with Crippen molar-refractivity contribution in [3.05, 3.63) is 29.3 Å². The van der Waals surface area contributed by atoms with Gasteiger partial charge in [0.1, 0.15) is 0 Å². The number of benzene rings is 1. The number of aliphatic hydroxyl groups excluding tert-OH is 1. The predicted octanol–water partition coefficient (Wildman–Crippen LogP) is 1.13. The van der Waals surface area contributed by atoms with Crippen LogP contribution in [0, 0.1) is 19.3 Å². The molecule has 2 rings (SSSR count). The molecule has 1 saturated carbocycles. The summed E-state index contributed by atoms with van der Waals surface area (Å²) in [6.45, 7) is 4.19. The number of aryl methyl sites for hydroxylation is 2. The fourth-order valence-corrected chi connectivity index (χ4v) is 1.97. The second kappa shape index (κ2) is 5.63. The maximum absolute atomic E-state index is 11.8. The quantitative estimate of drug-likeness (QED) is 0.721. The van der Waals surface area contributed by atoms with Gasteiger partial charge in [-0.05, 0) is 43.9 Å². The van der Waals surface area contributed by atoms with Crippen LogP contribution in [-0.2, 0) is 9.59 Å². The van der Waals surface area contributed by atoms with Crippen LogP contribution in [-0.4, -0.2) is 30.1 Å². The average molecular weight is 276 g/mol. The SMILES string of the molecule is Cc1ccc(C)c(NC(=O)C(=O)NCC2(CO)CC2)c1. The molecule has 5 nitrogen and oxygen atoms in total. The Morgan fingerprint density at radius 1 is 1.25 bits per heavy atom. The third-order valence-electron chi connectivity index (χ3n) is 3.76. The molecule has 0 aliphatic heterocycles. The molecule has 5 heteroatoms. The fourth-order valence-electron chi connectivity index (χ4n) is 1.97. The summed E-state index contributed by atoms with van der Waals surface area (Å²) in [7, 11) is 0. The molecular weight excluding hydrogens is 256 g/mol. The number of hydrogen-bond acceptors (Lipinski definition) is 3. The molecule has 20 heavy (non-hydrogen) atoms. The van der Waals surface area contributed by atoms with Crippen molar-refractivity contribution < 1.29 is 14.7 Å². The highest BCUT2D eigenvalue weighted by atomic mass is 16.3. The Bertz CT molecular complexity index is 536. The van der Waals surface area contributed by atoms with Gasteiger partial charge in [0, 0.05) is 17.6 Å². The summed E-state index contributed by atoms with van der Waals surface area (Å²) in [6, 6.07) is 5.67. The van der Waals surface area contributed by atoms with Gasteiger partial charge in [0.05, 0.1) is 6.61 Å². The zero-order chi connectivity index (χ0) is 14.8. The van der Waals surface area contributed by atoms with Crippen LogP contribution in [0.1, 0.15) is 24.0 Å². The molecule has 0 spiro atoms. The first-order valence-corrected chi connectivity index (χ1v) is 6.73. The summed E-state index contributed by atoms with van der Waals surface area (Å²) in [4.78, 5) is 23.5. The molecule has 108 valence electrons. The maximum Gasteiger partial charge on any atom is 0.313 e. The first kappa shape index (κ1) is 14.5. The third kappa shape index (κ3) is 3.36. The molecular formula is C15H20N2O3. The molecule has 1 fully saturated rings. The fraction of sp³-hybridized carbons (Fsp3) is 0.467. The Labute approximate surface area is 118 Å². The Morgan fingerprint density at radius 3 is 2.55 bits per heavy atom. The molecule has 1 aromatic carbocycles. The Hall–Kier alpha value is -1.88. The summed E-state index contributed by atoms with van der Waals surface area (Å²) in [5.74, 6) is -1.34. The maximum atomic E-state index is 11.8. The Balaban J connectivity index is 1.90. The number of anilines is 1. The normalized spacial score (nSPS) is 15.6. The second-order valence-corrected chi connectivity index (χ2v) is 5.61. The molecule has 1 aliphatic rings. The van der Waals surface area contributed by atoms with Gasteiger partial charge in [-0.25, -0.2) is 0 Å². The zero-order valence-corrected chi connectivity index (χ0v) is 11.8. The lowest BCUT2D eigenvalue weighted by Gasteiger charge is -2.13. The number of rotatable bonds is 4. The molecule has 0 unspecified atom stereocenters. The van der Waals surface area contributed by atoms with Gasteiger partial charge in [-0.15, -0.1) is 0 Å². The van der Waals surface area contributed by atoms with Crippen molar-refractivity contribution in [1.29, 1.82) is 0 Å². The van der Waals surface area contributed by atoms with Crippen molar-refractivity contribution in [2.75, 3.05) is 18.5 Å². The van der Waals surface area contributed by atoms with Crippen LogP contribution in [0.15, 0.2) is 18.2 Å². The number of aliphatic hydroxyl groups is 1. The molecule has 1 aliphatic carbocycles. The number of amides is 2. The van der Waals surface area contributed by atoms with Gasteiger partial charge in [0.2, 0.25) is 0 Å². The monoisotopic (exact) mass is 276 g/mol. The van der Waals surface area contributed by atoms with Gasteiger partial charge in [-0.1, -0.05) is 12.1 Å². The van der Waals surface area contributed by atoms with Crippen molar-refractivity contribution >= 4 is 17.5 Å². The molecule has 0 atom stereocenters. The standard InChI is InChI=1S/C15H20N2O3/c1-10-3-4-11(2)12(7-10)17-14(20)13(19)16-8-15(9-18)5-6-15/h3-4,7,18H,5-6,8-9H2,1-2H3,(H,16,19)(H,17,20). The van der Waals surface area contributed by atoms with E-state index in [1.165, 1.54) is 0 Å². The zero-order valence-electron chi connectivity index (χ0n) is 11.8. The van der Waals surface area contributed by atoms with Gasteiger partial charge in [-0.2, -0.15) is 0 Å². The summed E-state index contributed by atoms with van der Waals surface area (Å²) in [5.41, 5.74) is 2.37. The van der Waals surface area contributed by atoms with Crippen molar-refractivity contribution in [1.82, 2.24) is 5.32 Å². The van der Waals surface area contributed by atoms with E-state index in [1.54, 1.807) is 0 Å². The molecule has 0 aromatic heterocycles. The second-order valence-electron chi connectivity index (χ2n) is 5.61. The van der Waals surface area contributed by atoms with E-state index in [-0.39, 0.29) is 12.0 Å². The van der Waals surface area contributed by atoms with E-state index < -0.39 is 11.8 Å². The van der Waals surface area contributed by atoms with E-state index in [9.17, 15) is 9.59 Å². The Kier molecular flexibility index (Phi) is 4.09. The highest BCUT2D eigenvalue weighted by Crippen LogP contribution is 2.44. The van der Waals surface area contributed by atoms with Crippen LogP contribution in [0.25, 0.3) is 0 Å². The number of nitrogens with one attached hydrogen (secondary N) is 2. The summed E-state index contributed by atoms with van der Waals surface area (Å²) < 4.78 is 0. The first-order valence-electron chi connectivity index (χ1n) is 6.73. The lowest BCUT2D eigenvalue weighted by molar-refractivity contribution is -0.136. The van der Waals surface area contributed by atoms with E-state index >= 15 is 0 Å². The van der Waals surface area contributed by atoms with Crippen LogP contribution < -0.4 is 10.6 Å². The van der Waals surface area contributed by atoms with E-state index in [1.807, 2.05) is 32.0 Å². The van der Waals surface area contributed by atoms with E-state index in [0.29, 0.717) is 12.2 Å². The lowest BCUT2D eigenvalue weighted by Crippen LogP contribution is -2.39. The molecule has 0 bridgehead atoms.